The van der Waals surface area contributed by atoms with Gasteiger partial charge in [-0.05, 0) is 25.5 Å². The first-order chi connectivity index (χ1) is 10.00. The lowest BCUT2D eigenvalue weighted by Crippen LogP contribution is -2.41. The van der Waals surface area contributed by atoms with Gasteiger partial charge in [-0.1, -0.05) is 19.1 Å². The summed E-state index contributed by atoms with van der Waals surface area (Å²) in [6, 6.07) is 7.38. The van der Waals surface area contributed by atoms with Gasteiger partial charge in [0.25, 0.3) is 5.91 Å². The molecule has 0 bridgehead atoms. The molecule has 0 aromatic heterocycles. The van der Waals surface area contributed by atoms with E-state index in [9.17, 15) is 9.90 Å². The Hall–Kier alpha value is -1.59. The largest absolute Gasteiger partial charge is 0.388 e. The van der Waals surface area contributed by atoms with Crippen LogP contribution in [0.1, 0.15) is 37.0 Å². The number of rotatable bonds is 9. The van der Waals surface area contributed by atoms with Crippen molar-refractivity contribution in [1.29, 1.82) is 0 Å². The molecule has 0 aliphatic rings. The Bertz CT molecular complexity index is 447. The molecule has 1 amide bonds. The van der Waals surface area contributed by atoms with E-state index in [2.05, 4.69) is 17.6 Å². The summed E-state index contributed by atoms with van der Waals surface area (Å²) in [7, 11) is 1.59. The van der Waals surface area contributed by atoms with Gasteiger partial charge in [0.15, 0.2) is 0 Å². The molecule has 5 heteroatoms. The molecule has 0 heterocycles. The Morgan fingerprint density at radius 3 is 2.76 bits per heavy atom. The number of carbonyl (C=O) groups excluding carboxylic acids is 1. The van der Waals surface area contributed by atoms with E-state index < -0.39 is 5.60 Å². The summed E-state index contributed by atoms with van der Waals surface area (Å²) in [4.78, 5) is 12.3. The average Bonchev–Trinajstić information content (AvgIpc) is 2.49. The maximum Gasteiger partial charge on any atom is 0.253 e. The average molecular weight is 294 g/mol. The quantitative estimate of drug-likeness (QED) is 0.652. The second-order valence-electron chi connectivity index (χ2n) is 5.39. The van der Waals surface area contributed by atoms with Crippen molar-refractivity contribution in [3.63, 3.8) is 0 Å². The molecule has 3 N–H and O–H groups in total. The van der Waals surface area contributed by atoms with Gasteiger partial charge in [0.05, 0.1) is 11.2 Å². The smallest absolute Gasteiger partial charge is 0.253 e. The number of nitrogens with one attached hydrogen (secondary N) is 2. The maximum absolute atomic E-state index is 12.3. The highest BCUT2D eigenvalue weighted by Crippen LogP contribution is 2.15. The topological polar surface area (TPSA) is 70.6 Å². The van der Waals surface area contributed by atoms with Crippen molar-refractivity contribution in [3.05, 3.63) is 29.8 Å². The molecule has 118 valence electrons. The molecule has 0 fully saturated rings. The molecule has 21 heavy (non-hydrogen) atoms. The van der Waals surface area contributed by atoms with E-state index in [4.69, 9.17) is 4.74 Å². The number of amides is 1. The molecule has 0 aliphatic heterocycles. The second-order valence-corrected chi connectivity index (χ2v) is 5.39. The first-order valence-corrected chi connectivity index (χ1v) is 7.32. The Kier molecular flexibility index (Phi) is 7.19. The molecule has 1 aromatic rings. The summed E-state index contributed by atoms with van der Waals surface area (Å²) in [6.07, 6.45) is 1.46. The zero-order valence-corrected chi connectivity index (χ0v) is 13.1. The predicted octanol–water partition coefficient (Wildman–Crippen LogP) is 2.03. The molecular weight excluding hydrogens is 268 g/mol. The van der Waals surface area contributed by atoms with E-state index >= 15 is 0 Å². The highest BCUT2D eigenvalue weighted by atomic mass is 16.5. The molecule has 5 nitrogen and oxygen atoms in total. The minimum atomic E-state index is -0.975. The zero-order valence-electron chi connectivity index (χ0n) is 13.1. The number of benzene rings is 1. The molecule has 0 radical (unpaired) electrons. The van der Waals surface area contributed by atoms with Crippen LogP contribution < -0.4 is 10.6 Å². The van der Waals surface area contributed by atoms with Crippen molar-refractivity contribution in [1.82, 2.24) is 5.32 Å². The lowest BCUT2D eigenvalue weighted by atomic mass is 10.0. The van der Waals surface area contributed by atoms with Crippen molar-refractivity contribution < 1.29 is 14.6 Å². The van der Waals surface area contributed by atoms with Gasteiger partial charge in [-0.3, -0.25) is 4.79 Å². The van der Waals surface area contributed by atoms with Gasteiger partial charge < -0.3 is 20.5 Å². The summed E-state index contributed by atoms with van der Waals surface area (Å²) in [5.74, 6) is -0.188. The third-order valence-corrected chi connectivity index (χ3v) is 3.21. The normalized spacial score (nSPS) is 13.5. The van der Waals surface area contributed by atoms with E-state index in [1.807, 2.05) is 18.2 Å². The number of methoxy groups -OCH3 is 1. The Labute approximate surface area is 126 Å². The Balaban J connectivity index is 2.63. The lowest BCUT2D eigenvalue weighted by molar-refractivity contribution is 0.0244. The van der Waals surface area contributed by atoms with E-state index in [-0.39, 0.29) is 12.5 Å². The highest BCUT2D eigenvalue weighted by molar-refractivity contribution is 5.99. The summed E-state index contributed by atoms with van der Waals surface area (Å²) in [5.41, 5.74) is 0.430. The number of anilines is 1. The van der Waals surface area contributed by atoms with Crippen molar-refractivity contribution in [2.24, 2.45) is 0 Å². The third kappa shape index (κ3) is 6.14. The van der Waals surface area contributed by atoms with Gasteiger partial charge in [0, 0.05) is 38.9 Å². The van der Waals surface area contributed by atoms with Crippen LogP contribution in [0.3, 0.4) is 0 Å². The van der Waals surface area contributed by atoms with Gasteiger partial charge in [-0.2, -0.15) is 0 Å². The number of hydrogen-bond acceptors (Lipinski definition) is 4. The van der Waals surface area contributed by atoms with Gasteiger partial charge in [-0.25, -0.2) is 0 Å². The second kappa shape index (κ2) is 8.64. The van der Waals surface area contributed by atoms with Crippen LogP contribution in [0.25, 0.3) is 0 Å². The Morgan fingerprint density at radius 2 is 2.10 bits per heavy atom. The fourth-order valence-electron chi connectivity index (χ4n) is 1.87. The zero-order chi connectivity index (χ0) is 15.7. The van der Waals surface area contributed by atoms with Crippen LogP contribution in [-0.4, -0.2) is 43.4 Å². The third-order valence-electron chi connectivity index (χ3n) is 3.21. The van der Waals surface area contributed by atoms with Crippen LogP contribution in [0, 0.1) is 0 Å². The molecule has 1 aromatic carbocycles. The fourth-order valence-corrected chi connectivity index (χ4v) is 1.87. The monoisotopic (exact) mass is 294 g/mol. The van der Waals surface area contributed by atoms with Crippen molar-refractivity contribution in [2.45, 2.75) is 32.3 Å². The fraction of sp³-hybridized carbons (Fsp3) is 0.562. The number of ether oxygens (including phenoxy) is 1. The molecule has 0 saturated heterocycles. The number of aliphatic hydroxyl groups is 1. The van der Waals surface area contributed by atoms with Crippen LogP contribution >= 0.6 is 0 Å². The van der Waals surface area contributed by atoms with Gasteiger partial charge in [0.2, 0.25) is 0 Å². The first-order valence-electron chi connectivity index (χ1n) is 7.32. The molecule has 1 unspecified atom stereocenters. The lowest BCUT2D eigenvalue weighted by Gasteiger charge is -2.23. The summed E-state index contributed by atoms with van der Waals surface area (Å²) in [5, 5.41) is 16.2. The van der Waals surface area contributed by atoms with Gasteiger partial charge in [-0.15, -0.1) is 0 Å². The summed E-state index contributed by atoms with van der Waals surface area (Å²) >= 11 is 0. The standard InChI is InChI=1S/C16H26N2O3/c1-4-10-17-14-8-6-5-7-13(14)15(19)18-12-16(2,20)9-11-21-3/h5-8,17,20H,4,9-12H2,1-3H3,(H,18,19). The maximum atomic E-state index is 12.3. The van der Waals surface area contributed by atoms with E-state index in [1.54, 1.807) is 20.1 Å². The number of carbonyl (C=O) groups is 1. The molecule has 1 rings (SSSR count). The number of para-hydroxylation sites is 1. The van der Waals surface area contributed by atoms with Crippen LogP contribution in [-0.2, 0) is 4.74 Å². The summed E-state index contributed by atoms with van der Waals surface area (Å²) in [6.45, 7) is 5.22. The van der Waals surface area contributed by atoms with Crippen LogP contribution in [0.15, 0.2) is 24.3 Å². The SMILES string of the molecule is CCCNc1ccccc1C(=O)NCC(C)(O)CCOC. The minimum Gasteiger partial charge on any atom is -0.388 e. The molecule has 1 atom stereocenters. The van der Waals surface area contributed by atoms with E-state index in [0.29, 0.717) is 18.6 Å². The van der Waals surface area contributed by atoms with E-state index in [0.717, 1.165) is 18.7 Å². The van der Waals surface area contributed by atoms with E-state index in [1.165, 1.54) is 0 Å². The molecule has 0 aliphatic carbocycles. The predicted molar refractivity (Wildman–Crippen MR) is 84.7 cm³/mol. The van der Waals surface area contributed by atoms with Gasteiger partial charge in [0.1, 0.15) is 0 Å². The van der Waals surface area contributed by atoms with Crippen molar-refractivity contribution >= 4 is 11.6 Å². The van der Waals surface area contributed by atoms with Crippen molar-refractivity contribution in [2.75, 3.05) is 32.1 Å². The molecular formula is C16H26N2O3. The Morgan fingerprint density at radius 1 is 1.38 bits per heavy atom. The van der Waals surface area contributed by atoms with Crippen molar-refractivity contribution in [3.8, 4) is 0 Å². The minimum absolute atomic E-state index is 0.188. The van der Waals surface area contributed by atoms with Crippen LogP contribution in [0.4, 0.5) is 5.69 Å². The molecule has 0 saturated carbocycles. The van der Waals surface area contributed by atoms with Crippen LogP contribution in [0.2, 0.25) is 0 Å². The summed E-state index contributed by atoms with van der Waals surface area (Å²) < 4.78 is 4.95. The van der Waals surface area contributed by atoms with Gasteiger partial charge >= 0.3 is 0 Å². The number of hydrogen-bond donors (Lipinski definition) is 3. The first kappa shape index (κ1) is 17.5. The molecule has 0 spiro atoms. The van der Waals surface area contributed by atoms with Crippen LogP contribution in [0.5, 0.6) is 0 Å². The highest BCUT2D eigenvalue weighted by Gasteiger charge is 2.21.